The molecule has 12 N–H and O–H groups in total. The normalized spacial score (nSPS) is 12.2. The third-order valence-electron chi connectivity index (χ3n) is 11.6. The van der Waals surface area contributed by atoms with Gasteiger partial charge in [0.15, 0.2) is 0 Å². The van der Waals surface area contributed by atoms with Crippen LogP contribution >= 0.6 is 0 Å². The number of methoxy groups -OCH3 is 1. The summed E-state index contributed by atoms with van der Waals surface area (Å²) in [6.07, 6.45) is -7.27. The van der Waals surface area contributed by atoms with Gasteiger partial charge in [0.05, 0.1) is 42.0 Å². The van der Waals surface area contributed by atoms with Gasteiger partial charge in [-0.25, -0.2) is 0 Å². The first-order valence-electron chi connectivity index (χ1n) is 24.2. The summed E-state index contributed by atoms with van der Waals surface area (Å²) in [5.41, 5.74) is 5.95. The molecule has 8 rings (SSSR count). The largest absolute Gasteiger partial charge is 0.508 e. The number of para-hydroxylation sites is 1. The van der Waals surface area contributed by atoms with Crippen molar-refractivity contribution in [3.05, 3.63) is 238 Å². The molecule has 0 fully saturated rings. The van der Waals surface area contributed by atoms with Gasteiger partial charge in [0.2, 0.25) is 0 Å². The number of phenolic OH excluding ortho intramolecular Hbond substituents is 4. The van der Waals surface area contributed by atoms with Crippen molar-refractivity contribution in [2.24, 2.45) is 0 Å². The van der Waals surface area contributed by atoms with Gasteiger partial charge in [-0.2, -0.15) is 13.2 Å². The summed E-state index contributed by atoms with van der Waals surface area (Å²) in [4.78, 5) is 10.2. The second-order valence-corrected chi connectivity index (χ2v) is 17.4. The Morgan fingerprint density at radius 2 is 0.846 bits per heavy atom. The molecule has 0 aliphatic heterocycles. The standard InChI is InChI=1S/C15H14F3NO2.C15H17NO3.C15H17NO2.C14H14N2O4/c16-15(17,18)11-2-1-3-12(8-11)19-9-14(21)10-4-6-13(20)7-5-10;1-19-14-8-4-12(5-9-14)16-10-15(18)11-2-6-13(17)7-3-11;1-11-4-2-3-5-14(11)16-10-15(18)12-6-8-13(17)9-7-12;17-13-6-4-10(5-7-13)14(18)9-15-11-2-1-3-12(8-11)16(19)20/h1-8,14,19-21H,9H2;2-9,15-18H,10H2,1H3;2-9,15-18H,10H2,1H3;1-8,14-15,17-18H,9H2. The molecule has 0 aromatic heterocycles. The third kappa shape index (κ3) is 20.3. The number of aryl methyl sites for hydroxylation is 1. The topological polar surface area (TPSA) is 262 Å². The van der Waals surface area contributed by atoms with Crippen molar-refractivity contribution in [3.63, 3.8) is 0 Å². The van der Waals surface area contributed by atoms with E-state index in [1.165, 1.54) is 48.5 Å². The van der Waals surface area contributed by atoms with Gasteiger partial charge < -0.3 is 66.9 Å². The first-order chi connectivity index (χ1) is 37.3. The number of phenols is 4. The Kier molecular flexibility index (Phi) is 23.0. The Hall–Kier alpha value is -9.01. The molecule has 8 aromatic carbocycles. The van der Waals surface area contributed by atoms with Crippen molar-refractivity contribution in [2.75, 3.05) is 54.6 Å². The Morgan fingerprint density at radius 1 is 0.474 bits per heavy atom. The Morgan fingerprint density at radius 3 is 1.23 bits per heavy atom. The predicted molar refractivity (Wildman–Crippen MR) is 295 cm³/mol. The number of benzene rings is 8. The zero-order valence-corrected chi connectivity index (χ0v) is 42.5. The zero-order valence-electron chi connectivity index (χ0n) is 42.5. The molecule has 0 heterocycles. The molecular formula is C59H62F3N5O11. The van der Waals surface area contributed by atoms with Crippen molar-refractivity contribution in [2.45, 2.75) is 37.5 Å². The number of nitro benzene ring substituents is 1. The first-order valence-corrected chi connectivity index (χ1v) is 24.2. The van der Waals surface area contributed by atoms with Crippen LogP contribution in [0.3, 0.4) is 0 Å². The number of hydrogen-bond acceptors (Lipinski definition) is 15. The maximum absolute atomic E-state index is 12.6. The lowest BCUT2D eigenvalue weighted by Gasteiger charge is -2.14. The molecule has 78 heavy (non-hydrogen) atoms. The van der Waals surface area contributed by atoms with Crippen LogP contribution in [0, 0.1) is 17.0 Å². The molecule has 0 amide bonds. The van der Waals surface area contributed by atoms with Crippen LogP contribution < -0.4 is 26.0 Å². The lowest BCUT2D eigenvalue weighted by atomic mass is 10.1. The number of non-ortho nitro benzene ring substituents is 1. The molecular weight excluding hydrogens is 1010 g/mol. The second-order valence-electron chi connectivity index (χ2n) is 17.4. The highest BCUT2D eigenvalue weighted by atomic mass is 19.4. The molecule has 4 atom stereocenters. The van der Waals surface area contributed by atoms with Crippen LogP contribution in [0.2, 0.25) is 0 Å². The number of rotatable bonds is 18. The SMILES string of the molecule is COc1ccc(NCC(O)c2ccc(O)cc2)cc1.Cc1ccccc1NCC(O)c1ccc(O)cc1.O=[N+]([O-])c1cccc(NCC(O)c2ccc(O)cc2)c1.Oc1ccc(C(O)CNc2cccc(C(F)(F)F)c2)cc1. The van der Waals surface area contributed by atoms with Gasteiger partial charge in [-0.15, -0.1) is 0 Å². The van der Waals surface area contributed by atoms with Crippen LogP contribution in [0.4, 0.5) is 41.6 Å². The number of nitro groups is 1. The molecule has 16 nitrogen and oxygen atoms in total. The van der Waals surface area contributed by atoms with Gasteiger partial charge >= 0.3 is 6.18 Å². The summed E-state index contributed by atoms with van der Waals surface area (Å²) in [7, 11) is 1.62. The fourth-order valence-corrected chi connectivity index (χ4v) is 7.12. The van der Waals surface area contributed by atoms with E-state index in [0.717, 1.165) is 45.9 Å². The molecule has 0 saturated heterocycles. The van der Waals surface area contributed by atoms with E-state index in [1.54, 1.807) is 92.0 Å². The number of halogens is 3. The van der Waals surface area contributed by atoms with Gasteiger partial charge in [-0.3, -0.25) is 10.1 Å². The maximum Gasteiger partial charge on any atom is 0.416 e. The maximum atomic E-state index is 12.6. The number of nitrogens with zero attached hydrogens (tertiary/aromatic N) is 1. The van der Waals surface area contributed by atoms with Crippen LogP contribution in [0.15, 0.2) is 194 Å². The summed E-state index contributed by atoms with van der Waals surface area (Å²) in [5, 5.41) is 99.3. The van der Waals surface area contributed by atoms with E-state index in [4.69, 9.17) is 14.9 Å². The highest BCUT2D eigenvalue weighted by Crippen LogP contribution is 2.31. The molecule has 4 unspecified atom stereocenters. The minimum Gasteiger partial charge on any atom is -0.508 e. The summed E-state index contributed by atoms with van der Waals surface area (Å²) in [6.45, 7) is 3.14. The van der Waals surface area contributed by atoms with E-state index >= 15 is 0 Å². The monoisotopic (exact) mass is 1070 g/mol. The number of aromatic hydroxyl groups is 4. The molecule has 410 valence electrons. The van der Waals surface area contributed by atoms with Crippen molar-refractivity contribution in [3.8, 4) is 28.7 Å². The average Bonchev–Trinajstić information content (AvgIpc) is 3.44. The van der Waals surface area contributed by atoms with Crippen molar-refractivity contribution in [1.82, 2.24) is 0 Å². The smallest absolute Gasteiger partial charge is 0.416 e. The number of alkyl halides is 3. The summed E-state index contributed by atoms with van der Waals surface area (Å²) < 4.78 is 42.8. The minimum absolute atomic E-state index is 0.00544. The first kappa shape index (κ1) is 59.9. The van der Waals surface area contributed by atoms with E-state index in [2.05, 4.69) is 21.3 Å². The molecule has 19 heteroatoms. The van der Waals surface area contributed by atoms with E-state index < -0.39 is 41.1 Å². The lowest BCUT2D eigenvalue weighted by Crippen LogP contribution is -2.13. The van der Waals surface area contributed by atoms with E-state index in [0.29, 0.717) is 29.9 Å². The van der Waals surface area contributed by atoms with E-state index in [9.17, 15) is 53.9 Å². The van der Waals surface area contributed by atoms with Crippen molar-refractivity contribution >= 4 is 28.4 Å². The van der Waals surface area contributed by atoms with Crippen molar-refractivity contribution < 1.29 is 63.7 Å². The Labute approximate surface area is 449 Å². The van der Waals surface area contributed by atoms with Crippen LogP contribution in [-0.2, 0) is 6.18 Å². The van der Waals surface area contributed by atoms with E-state index in [-0.39, 0.29) is 47.5 Å². The number of aliphatic hydroxyl groups excluding tert-OH is 4. The number of hydrogen-bond donors (Lipinski definition) is 12. The molecule has 0 bridgehead atoms. The van der Waals surface area contributed by atoms with Crippen LogP contribution in [0.1, 0.15) is 57.8 Å². The number of aliphatic hydroxyl groups is 4. The fourth-order valence-electron chi connectivity index (χ4n) is 7.12. The van der Waals surface area contributed by atoms with Gasteiger partial charge in [0, 0.05) is 61.1 Å². The quantitative estimate of drug-likeness (QED) is 0.0282. The Balaban J connectivity index is 0.000000192. The molecule has 0 aliphatic carbocycles. The number of nitrogens with one attached hydrogen (secondary N) is 4. The fraction of sp³-hybridized carbons (Fsp3) is 0.186. The van der Waals surface area contributed by atoms with Gasteiger partial charge in [-0.1, -0.05) is 78.9 Å². The molecule has 8 aromatic rings. The van der Waals surface area contributed by atoms with Crippen LogP contribution in [0.5, 0.6) is 28.7 Å². The molecule has 0 radical (unpaired) electrons. The van der Waals surface area contributed by atoms with E-state index in [1.807, 2.05) is 55.5 Å². The Bertz CT molecular complexity index is 3050. The zero-order chi connectivity index (χ0) is 56.6. The van der Waals surface area contributed by atoms with Gasteiger partial charge in [0.1, 0.15) is 28.7 Å². The van der Waals surface area contributed by atoms with Gasteiger partial charge in [0.25, 0.3) is 5.69 Å². The second kappa shape index (κ2) is 29.9. The highest BCUT2D eigenvalue weighted by molar-refractivity contribution is 5.52. The molecule has 0 spiro atoms. The lowest BCUT2D eigenvalue weighted by molar-refractivity contribution is -0.384. The van der Waals surface area contributed by atoms with Crippen molar-refractivity contribution in [1.29, 1.82) is 0 Å². The predicted octanol–water partition coefficient (Wildman–Crippen LogP) is 11.4. The third-order valence-corrected chi connectivity index (χ3v) is 11.6. The average molecular weight is 1070 g/mol. The molecule has 0 saturated carbocycles. The number of anilines is 4. The highest BCUT2D eigenvalue weighted by Gasteiger charge is 2.30. The number of ether oxygens (including phenoxy) is 1. The molecule has 0 aliphatic rings. The van der Waals surface area contributed by atoms with Gasteiger partial charge in [-0.05, 0) is 138 Å². The summed E-state index contributed by atoms with van der Waals surface area (Å²) >= 11 is 0. The minimum atomic E-state index is -4.40. The summed E-state index contributed by atoms with van der Waals surface area (Å²) in [6, 6.07) is 51.6. The van der Waals surface area contributed by atoms with Crippen LogP contribution in [0.25, 0.3) is 0 Å². The summed E-state index contributed by atoms with van der Waals surface area (Å²) in [5.74, 6) is 1.41. The van der Waals surface area contributed by atoms with Crippen LogP contribution in [-0.4, -0.2) is 79.1 Å².